The maximum Gasteiger partial charge on any atom is 0.122 e. The van der Waals surface area contributed by atoms with E-state index in [1.54, 1.807) is 0 Å². The highest BCUT2D eigenvalue weighted by Crippen LogP contribution is 2.46. The van der Waals surface area contributed by atoms with E-state index in [1.807, 2.05) is 26.0 Å². The molecule has 0 amide bonds. The molecule has 2 atom stereocenters. The second-order valence-electron chi connectivity index (χ2n) is 10.7. The second kappa shape index (κ2) is 9.17. The Kier molecular flexibility index (Phi) is 6.93. The molecule has 0 aromatic heterocycles. The number of phenols is 2. The summed E-state index contributed by atoms with van der Waals surface area (Å²) in [6, 6.07) is 8.17. The number of benzene rings is 2. The smallest absolute Gasteiger partial charge is 0.122 e. The molecule has 2 aromatic rings. The van der Waals surface area contributed by atoms with Crippen molar-refractivity contribution in [1.82, 2.24) is 0 Å². The fraction of sp³-hybridized carbons (Fsp3) is 0.467. The average molecular weight is 433 g/mol. The van der Waals surface area contributed by atoms with Crippen LogP contribution in [0, 0.1) is 44.9 Å². The molecule has 172 valence electrons. The van der Waals surface area contributed by atoms with E-state index in [1.165, 1.54) is 12.0 Å². The van der Waals surface area contributed by atoms with E-state index in [2.05, 4.69) is 71.9 Å². The largest absolute Gasteiger partial charge is 0.507 e. The summed E-state index contributed by atoms with van der Waals surface area (Å²) in [7, 11) is 0. The Balaban J connectivity index is 2.14. The van der Waals surface area contributed by atoms with Crippen molar-refractivity contribution < 1.29 is 10.2 Å². The SMILES string of the molecule is CC1=CCCC(C)(C)C1/C=C/C(C)C(c1cc(C)cc(C)c1O)c1cc(C)cc(C)c1O. The average Bonchev–Trinajstić information content (AvgIpc) is 2.68. The van der Waals surface area contributed by atoms with Gasteiger partial charge in [0, 0.05) is 23.0 Å². The van der Waals surface area contributed by atoms with Crippen molar-refractivity contribution in [2.45, 2.75) is 74.1 Å². The molecular weight excluding hydrogens is 392 g/mol. The fourth-order valence-electron chi connectivity index (χ4n) is 5.57. The number of allylic oxidation sites excluding steroid dienone is 4. The fourth-order valence-corrected chi connectivity index (χ4v) is 5.57. The van der Waals surface area contributed by atoms with Crippen molar-refractivity contribution in [3.63, 3.8) is 0 Å². The molecule has 2 N–H and O–H groups in total. The molecular formula is C30H40O2. The maximum atomic E-state index is 11.1. The van der Waals surface area contributed by atoms with Gasteiger partial charge in [-0.15, -0.1) is 0 Å². The monoisotopic (exact) mass is 432 g/mol. The predicted octanol–water partition coefficient (Wildman–Crippen LogP) is 8.04. The van der Waals surface area contributed by atoms with Gasteiger partial charge in [0.1, 0.15) is 11.5 Å². The first kappa shape index (κ1) is 24.2. The highest BCUT2D eigenvalue weighted by molar-refractivity contribution is 5.54. The third kappa shape index (κ3) is 4.80. The maximum absolute atomic E-state index is 11.1. The molecule has 0 saturated heterocycles. The zero-order valence-electron chi connectivity index (χ0n) is 21.1. The first-order valence-electron chi connectivity index (χ1n) is 11.9. The van der Waals surface area contributed by atoms with Crippen molar-refractivity contribution in [3.05, 3.63) is 81.4 Å². The Morgan fingerprint density at radius 2 is 1.38 bits per heavy atom. The third-order valence-electron chi connectivity index (χ3n) is 7.34. The van der Waals surface area contributed by atoms with Crippen LogP contribution in [0.25, 0.3) is 0 Å². The van der Waals surface area contributed by atoms with Gasteiger partial charge in [0.05, 0.1) is 0 Å². The van der Waals surface area contributed by atoms with Crippen molar-refractivity contribution in [3.8, 4) is 11.5 Å². The van der Waals surface area contributed by atoms with Crippen molar-refractivity contribution >= 4 is 0 Å². The predicted molar refractivity (Wildman–Crippen MR) is 136 cm³/mol. The molecule has 0 aliphatic heterocycles. The van der Waals surface area contributed by atoms with Crippen LogP contribution >= 0.6 is 0 Å². The standard InChI is InChI=1S/C30H40O2/c1-18-14-22(5)28(31)24(16-18)27(25-17-19(2)15-23(6)29(25)32)21(4)11-12-26-20(3)10-9-13-30(26,7)8/h10-12,14-17,21,26-27,31-32H,9,13H2,1-8H3/b12-11+. The van der Waals surface area contributed by atoms with E-state index in [0.717, 1.165) is 39.8 Å². The first-order chi connectivity index (χ1) is 14.9. The van der Waals surface area contributed by atoms with Crippen LogP contribution in [0.15, 0.2) is 48.1 Å². The summed E-state index contributed by atoms with van der Waals surface area (Å²) in [6.45, 7) is 17.2. The van der Waals surface area contributed by atoms with Crippen LogP contribution < -0.4 is 0 Å². The van der Waals surface area contributed by atoms with Gasteiger partial charge in [-0.05, 0) is 69.9 Å². The van der Waals surface area contributed by atoms with Crippen LogP contribution in [0.3, 0.4) is 0 Å². The lowest BCUT2D eigenvalue weighted by molar-refractivity contribution is 0.255. The second-order valence-corrected chi connectivity index (χ2v) is 10.7. The normalized spacial score (nSPS) is 19.4. The highest BCUT2D eigenvalue weighted by atomic mass is 16.3. The molecule has 0 saturated carbocycles. The molecule has 1 aliphatic carbocycles. The van der Waals surface area contributed by atoms with Gasteiger partial charge in [0.15, 0.2) is 0 Å². The summed E-state index contributed by atoms with van der Waals surface area (Å²) < 4.78 is 0. The Hall–Kier alpha value is -2.48. The van der Waals surface area contributed by atoms with Gasteiger partial charge in [-0.2, -0.15) is 0 Å². The molecule has 0 fully saturated rings. The van der Waals surface area contributed by atoms with Crippen LogP contribution in [0.2, 0.25) is 0 Å². The van der Waals surface area contributed by atoms with E-state index in [-0.39, 0.29) is 17.3 Å². The number of aryl methyl sites for hydroxylation is 4. The van der Waals surface area contributed by atoms with Gasteiger partial charge in [0.2, 0.25) is 0 Å². The lowest BCUT2D eigenvalue weighted by Crippen LogP contribution is -2.26. The summed E-state index contributed by atoms with van der Waals surface area (Å²) in [5.74, 6) is 1.01. The molecule has 2 heteroatoms. The molecule has 0 spiro atoms. The van der Waals surface area contributed by atoms with Crippen LogP contribution in [-0.4, -0.2) is 10.2 Å². The number of aromatic hydroxyl groups is 2. The minimum atomic E-state index is -0.139. The van der Waals surface area contributed by atoms with E-state index in [9.17, 15) is 10.2 Å². The Morgan fingerprint density at radius 1 is 0.875 bits per heavy atom. The van der Waals surface area contributed by atoms with Crippen LogP contribution in [0.1, 0.15) is 79.8 Å². The lowest BCUT2D eigenvalue weighted by Gasteiger charge is -2.37. The molecule has 0 bridgehead atoms. The summed E-state index contributed by atoms with van der Waals surface area (Å²) in [4.78, 5) is 0. The quantitative estimate of drug-likeness (QED) is 0.469. The Bertz CT molecular complexity index is 997. The van der Waals surface area contributed by atoms with Crippen molar-refractivity contribution in [2.75, 3.05) is 0 Å². The number of rotatable bonds is 5. The van der Waals surface area contributed by atoms with Gasteiger partial charge in [-0.3, -0.25) is 0 Å². The van der Waals surface area contributed by atoms with Crippen molar-refractivity contribution in [2.24, 2.45) is 17.3 Å². The van der Waals surface area contributed by atoms with Gasteiger partial charge in [-0.1, -0.05) is 80.0 Å². The minimum absolute atomic E-state index is 0.0970. The van der Waals surface area contributed by atoms with Crippen LogP contribution in [0.4, 0.5) is 0 Å². The minimum Gasteiger partial charge on any atom is -0.507 e. The van der Waals surface area contributed by atoms with Gasteiger partial charge in [0.25, 0.3) is 0 Å². The molecule has 32 heavy (non-hydrogen) atoms. The van der Waals surface area contributed by atoms with Gasteiger partial charge < -0.3 is 10.2 Å². The number of hydrogen-bond donors (Lipinski definition) is 2. The van der Waals surface area contributed by atoms with E-state index >= 15 is 0 Å². The molecule has 1 aliphatic rings. The summed E-state index contributed by atoms with van der Waals surface area (Å²) >= 11 is 0. The number of phenolic OH excluding ortho intramolecular Hbond substituents is 2. The summed E-state index contributed by atoms with van der Waals surface area (Å²) in [6.07, 6.45) is 9.37. The molecule has 3 rings (SSSR count). The van der Waals surface area contributed by atoms with Gasteiger partial charge in [-0.25, -0.2) is 0 Å². The Morgan fingerprint density at radius 3 is 1.84 bits per heavy atom. The van der Waals surface area contributed by atoms with Crippen LogP contribution in [0.5, 0.6) is 11.5 Å². The highest BCUT2D eigenvalue weighted by Gasteiger charge is 2.32. The van der Waals surface area contributed by atoms with E-state index in [0.29, 0.717) is 17.4 Å². The van der Waals surface area contributed by atoms with Crippen LogP contribution in [-0.2, 0) is 0 Å². The lowest BCUT2D eigenvalue weighted by atomic mass is 9.68. The molecule has 0 radical (unpaired) electrons. The summed E-state index contributed by atoms with van der Waals surface area (Å²) in [5, 5.41) is 22.1. The molecule has 0 heterocycles. The molecule has 2 nitrogen and oxygen atoms in total. The van der Waals surface area contributed by atoms with E-state index < -0.39 is 0 Å². The Labute approximate surface area is 194 Å². The topological polar surface area (TPSA) is 40.5 Å². The molecule has 2 unspecified atom stereocenters. The number of hydrogen-bond acceptors (Lipinski definition) is 2. The molecule has 2 aromatic carbocycles. The van der Waals surface area contributed by atoms with E-state index in [4.69, 9.17) is 0 Å². The van der Waals surface area contributed by atoms with Crippen molar-refractivity contribution in [1.29, 1.82) is 0 Å². The van der Waals surface area contributed by atoms with Gasteiger partial charge >= 0.3 is 0 Å². The zero-order chi connectivity index (χ0) is 23.8. The summed E-state index contributed by atoms with van der Waals surface area (Å²) in [5.41, 5.74) is 7.42. The zero-order valence-corrected chi connectivity index (χ0v) is 21.1. The third-order valence-corrected chi connectivity index (χ3v) is 7.34. The first-order valence-corrected chi connectivity index (χ1v) is 11.9.